The minimum absolute atomic E-state index is 0.208. The number of fused-ring (bicyclic) bond motifs is 2. The van der Waals surface area contributed by atoms with Crippen molar-refractivity contribution in [2.45, 2.75) is 19.5 Å². The Morgan fingerprint density at radius 2 is 2.00 bits per heavy atom. The van der Waals surface area contributed by atoms with Crippen molar-refractivity contribution in [2.24, 2.45) is 0 Å². The molecule has 0 unspecified atom stereocenters. The maximum atomic E-state index is 13.6. The van der Waals surface area contributed by atoms with Crippen molar-refractivity contribution in [2.75, 3.05) is 6.54 Å². The molecule has 1 aliphatic heterocycles. The van der Waals surface area contributed by atoms with Crippen LogP contribution in [-0.4, -0.2) is 26.4 Å². The Morgan fingerprint density at radius 1 is 1.14 bits per heavy atom. The summed E-state index contributed by atoms with van der Waals surface area (Å²) < 4.78 is 13.6. The Bertz CT molecular complexity index is 1150. The highest BCUT2D eigenvalue weighted by molar-refractivity contribution is 6.30. The van der Waals surface area contributed by atoms with E-state index in [4.69, 9.17) is 16.6 Å². The molecule has 5 rings (SSSR count). The van der Waals surface area contributed by atoms with Gasteiger partial charge in [0.1, 0.15) is 5.82 Å². The molecule has 0 amide bonds. The number of rotatable bonds is 3. The molecule has 6 heteroatoms. The number of halogens is 2. The van der Waals surface area contributed by atoms with Crippen molar-refractivity contribution >= 4 is 22.5 Å². The van der Waals surface area contributed by atoms with Crippen LogP contribution in [0.25, 0.3) is 22.3 Å². The second-order valence-electron chi connectivity index (χ2n) is 7.14. The summed E-state index contributed by atoms with van der Waals surface area (Å²) in [5.74, 6) is 0.524. The molecule has 3 heterocycles. The van der Waals surface area contributed by atoms with E-state index < -0.39 is 0 Å². The summed E-state index contributed by atoms with van der Waals surface area (Å²) >= 11 is 5.96. The largest absolute Gasteiger partial charge is 0.361 e. The summed E-state index contributed by atoms with van der Waals surface area (Å²) in [5, 5.41) is 1.65. The van der Waals surface area contributed by atoms with Crippen LogP contribution in [0.1, 0.15) is 16.8 Å². The molecule has 0 aliphatic carbocycles. The van der Waals surface area contributed by atoms with Gasteiger partial charge in [0, 0.05) is 65.5 Å². The number of hydrogen-bond donors (Lipinski definition) is 1. The standard InChI is InChI=1S/C22H18ClFN4/c23-17-3-1-14(2-4-17)22-26-11-16-13-28(8-7-20(16)27-22)12-15-10-25-21-6-5-18(24)9-19(15)21/h1-6,9-11,25H,7-8,12-13H2. The van der Waals surface area contributed by atoms with E-state index in [0.29, 0.717) is 5.02 Å². The van der Waals surface area contributed by atoms with E-state index in [0.717, 1.165) is 65.2 Å². The summed E-state index contributed by atoms with van der Waals surface area (Å²) in [7, 11) is 0. The molecule has 0 saturated heterocycles. The van der Waals surface area contributed by atoms with Gasteiger partial charge in [-0.3, -0.25) is 4.90 Å². The van der Waals surface area contributed by atoms with Crippen LogP contribution in [0.5, 0.6) is 0 Å². The maximum Gasteiger partial charge on any atom is 0.159 e. The number of hydrogen-bond acceptors (Lipinski definition) is 3. The van der Waals surface area contributed by atoms with Crippen molar-refractivity contribution in [3.63, 3.8) is 0 Å². The van der Waals surface area contributed by atoms with Gasteiger partial charge < -0.3 is 4.98 Å². The number of H-pyrrole nitrogens is 1. The maximum absolute atomic E-state index is 13.6. The van der Waals surface area contributed by atoms with E-state index in [-0.39, 0.29) is 5.82 Å². The molecule has 1 N–H and O–H groups in total. The van der Waals surface area contributed by atoms with Gasteiger partial charge in [-0.1, -0.05) is 11.6 Å². The molecule has 0 radical (unpaired) electrons. The Kier molecular flexibility index (Phi) is 4.34. The van der Waals surface area contributed by atoms with Gasteiger partial charge in [0.2, 0.25) is 0 Å². The highest BCUT2D eigenvalue weighted by Crippen LogP contribution is 2.25. The van der Waals surface area contributed by atoms with Crippen LogP contribution >= 0.6 is 11.6 Å². The number of benzene rings is 2. The van der Waals surface area contributed by atoms with E-state index >= 15 is 0 Å². The summed E-state index contributed by atoms with van der Waals surface area (Å²) in [6.07, 6.45) is 4.77. The van der Waals surface area contributed by atoms with Crippen molar-refractivity contribution in [1.82, 2.24) is 19.9 Å². The van der Waals surface area contributed by atoms with Crippen LogP contribution in [0.4, 0.5) is 4.39 Å². The molecule has 4 nitrogen and oxygen atoms in total. The van der Waals surface area contributed by atoms with E-state index in [9.17, 15) is 4.39 Å². The van der Waals surface area contributed by atoms with Gasteiger partial charge in [0.25, 0.3) is 0 Å². The molecule has 28 heavy (non-hydrogen) atoms. The van der Waals surface area contributed by atoms with E-state index in [1.54, 1.807) is 12.1 Å². The highest BCUT2D eigenvalue weighted by atomic mass is 35.5. The lowest BCUT2D eigenvalue weighted by molar-refractivity contribution is 0.244. The van der Waals surface area contributed by atoms with Crippen LogP contribution in [-0.2, 0) is 19.5 Å². The first kappa shape index (κ1) is 17.3. The van der Waals surface area contributed by atoms with Gasteiger partial charge in [0.05, 0.1) is 5.69 Å². The first-order chi connectivity index (χ1) is 13.7. The van der Waals surface area contributed by atoms with E-state index in [1.165, 1.54) is 6.07 Å². The number of aromatic nitrogens is 3. The summed E-state index contributed by atoms with van der Waals surface area (Å²) in [5.41, 5.74) is 5.29. The fraction of sp³-hybridized carbons (Fsp3) is 0.182. The lowest BCUT2D eigenvalue weighted by Crippen LogP contribution is -2.30. The van der Waals surface area contributed by atoms with Crippen molar-refractivity contribution in [3.05, 3.63) is 82.5 Å². The molecule has 2 aromatic carbocycles. The van der Waals surface area contributed by atoms with Gasteiger partial charge in [-0.25, -0.2) is 14.4 Å². The second-order valence-corrected chi connectivity index (χ2v) is 7.57. The first-order valence-corrected chi connectivity index (χ1v) is 9.62. The molecule has 0 spiro atoms. The van der Waals surface area contributed by atoms with Crippen LogP contribution < -0.4 is 0 Å². The number of nitrogens with one attached hydrogen (secondary N) is 1. The molecule has 4 aromatic rings. The first-order valence-electron chi connectivity index (χ1n) is 9.24. The Labute approximate surface area is 167 Å². The van der Waals surface area contributed by atoms with Gasteiger partial charge in [-0.15, -0.1) is 0 Å². The Hall–Kier alpha value is -2.76. The van der Waals surface area contributed by atoms with Crippen molar-refractivity contribution < 1.29 is 4.39 Å². The lowest BCUT2D eigenvalue weighted by Gasteiger charge is -2.27. The average Bonchev–Trinajstić information content (AvgIpc) is 3.10. The van der Waals surface area contributed by atoms with Crippen molar-refractivity contribution in [1.29, 1.82) is 0 Å². The summed E-state index contributed by atoms with van der Waals surface area (Å²) in [6.45, 7) is 2.46. The fourth-order valence-electron chi connectivity index (χ4n) is 3.77. The minimum atomic E-state index is -0.208. The Morgan fingerprint density at radius 3 is 2.86 bits per heavy atom. The highest BCUT2D eigenvalue weighted by Gasteiger charge is 2.20. The summed E-state index contributed by atoms with van der Waals surface area (Å²) in [4.78, 5) is 14.9. The van der Waals surface area contributed by atoms with Gasteiger partial charge in [0.15, 0.2) is 5.82 Å². The van der Waals surface area contributed by atoms with Gasteiger partial charge in [-0.05, 0) is 48.0 Å². The Balaban J connectivity index is 1.36. The predicted molar refractivity (Wildman–Crippen MR) is 109 cm³/mol. The normalized spacial score (nSPS) is 14.4. The quantitative estimate of drug-likeness (QED) is 0.535. The van der Waals surface area contributed by atoms with Gasteiger partial charge in [-0.2, -0.15) is 0 Å². The predicted octanol–water partition coefficient (Wildman–Crippen LogP) is 4.98. The van der Waals surface area contributed by atoms with Crippen LogP contribution in [0.3, 0.4) is 0 Å². The molecule has 0 saturated carbocycles. The zero-order valence-electron chi connectivity index (χ0n) is 15.1. The van der Waals surface area contributed by atoms with Crippen LogP contribution in [0, 0.1) is 5.82 Å². The smallest absolute Gasteiger partial charge is 0.159 e. The van der Waals surface area contributed by atoms with Gasteiger partial charge >= 0.3 is 0 Å². The number of nitrogens with zero attached hydrogens (tertiary/aromatic N) is 3. The molecular formula is C22H18ClFN4. The average molecular weight is 393 g/mol. The molecule has 2 aromatic heterocycles. The summed E-state index contributed by atoms with van der Waals surface area (Å²) in [6, 6.07) is 12.4. The third kappa shape index (κ3) is 3.28. The minimum Gasteiger partial charge on any atom is -0.361 e. The molecule has 0 bridgehead atoms. The molecule has 1 aliphatic rings. The zero-order chi connectivity index (χ0) is 19.1. The molecular weight excluding hydrogens is 375 g/mol. The molecule has 0 atom stereocenters. The number of aromatic amines is 1. The SMILES string of the molecule is Fc1ccc2[nH]cc(CN3CCc4nc(-c5ccc(Cl)cc5)ncc4C3)c2c1. The van der Waals surface area contributed by atoms with Crippen LogP contribution in [0.15, 0.2) is 54.9 Å². The lowest BCUT2D eigenvalue weighted by atomic mass is 10.1. The monoisotopic (exact) mass is 392 g/mol. The third-order valence-electron chi connectivity index (χ3n) is 5.24. The second kappa shape index (κ2) is 7.00. The van der Waals surface area contributed by atoms with Crippen molar-refractivity contribution in [3.8, 4) is 11.4 Å². The topological polar surface area (TPSA) is 44.8 Å². The van der Waals surface area contributed by atoms with Crippen LogP contribution in [0.2, 0.25) is 5.02 Å². The van der Waals surface area contributed by atoms with E-state index in [1.807, 2.05) is 36.7 Å². The molecule has 140 valence electrons. The van der Waals surface area contributed by atoms with E-state index in [2.05, 4.69) is 14.9 Å². The third-order valence-corrected chi connectivity index (χ3v) is 5.49. The zero-order valence-corrected chi connectivity index (χ0v) is 15.9. The molecule has 0 fully saturated rings. The fourth-order valence-corrected chi connectivity index (χ4v) is 3.90.